The van der Waals surface area contributed by atoms with E-state index in [9.17, 15) is 14.7 Å². The summed E-state index contributed by atoms with van der Waals surface area (Å²) in [6, 6.07) is 0. The van der Waals surface area contributed by atoms with Gasteiger partial charge in [0.15, 0.2) is 5.78 Å². The Labute approximate surface area is 95.3 Å². The van der Waals surface area contributed by atoms with Crippen LogP contribution in [0.15, 0.2) is 11.3 Å². The van der Waals surface area contributed by atoms with Crippen LogP contribution in [0, 0.1) is 5.92 Å². The number of hydrogen-bond acceptors (Lipinski definition) is 4. The van der Waals surface area contributed by atoms with Gasteiger partial charge in [0.1, 0.15) is 11.3 Å². The quantitative estimate of drug-likeness (QED) is 0.262. The molecule has 0 atom stereocenters. The van der Waals surface area contributed by atoms with Crippen LogP contribution in [-0.4, -0.2) is 23.5 Å². The molecule has 0 unspecified atom stereocenters. The van der Waals surface area contributed by atoms with Crippen LogP contribution >= 0.6 is 0 Å². The second-order valence-electron chi connectivity index (χ2n) is 4.02. The minimum Gasteiger partial charge on any atom is -0.511 e. The summed E-state index contributed by atoms with van der Waals surface area (Å²) in [5, 5.41) is 9.93. The second-order valence-corrected chi connectivity index (χ2v) is 4.02. The lowest BCUT2D eigenvalue weighted by molar-refractivity contribution is -0.140. The number of allylic oxidation sites excluding steroid dienone is 1. The number of aliphatic hydroxyl groups is 1. The van der Waals surface area contributed by atoms with Crippen molar-refractivity contribution in [2.45, 2.75) is 39.5 Å². The zero-order valence-electron chi connectivity index (χ0n) is 9.78. The highest BCUT2D eigenvalue weighted by Gasteiger charge is 2.28. The molecule has 0 amide bonds. The lowest BCUT2D eigenvalue weighted by atomic mass is 9.99. The summed E-state index contributed by atoms with van der Waals surface area (Å²) in [4.78, 5) is 22.9. The summed E-state index contributed by atoms with van der Waals surface area (Å²) in [5.74, 6) is -1.27. The monoisotopic (exact) mass is 226 g/mol. The first-order chi connectivity index (χ1) is 7.57. The first-order valence-corrected chi connectivity index (χ1v) is 5.69. The maximum absolute atomic E-state index is 11.5. The average Bonchev–Trinajstić information content (AvgIpc) is 2.70. The highest BCUT2D eigenvalue weighted by Crippen LogP contribution is 2.31. The molecule has 0 aromatic heterocycles. The molecule has 0 heterocycles. The fraction of sp³-hybridized carbons (Fsp3) is 0.667. The molecule has 0 spiro atoms. The minimum absolute atomic E-state index is 0.0525. The third kappa shape index (κ3) is 2.84. The average molecular weight is 226 g/mol. The van der Waals surface area contributed by atoms with Crippen LogP contribution in [0.3, 0.4) is 0 Å². The van der Waals surface area contributed by atoms with Gasteiger partial charge in [-0.3, -0.25) is 4.79 Å². The summed E-state index contributed by atoms with van der Waals surface area (Å²) < 4.78 is 4.77. The molecule has 1 saturated carbocycles. The van der Waals surface area contributed by atoms with Crippen LogP contribution in [0.1, 0.15) is 39.5 Å². The van der Waals surface area contributed by atoms with E-state index in [4.69, 9.17) is 4.74 Å². The predicted molar refractivity (Wildman–Crippen MR) is 58.9 cm³/mol. The molecule has 1 rings (SSSR count). The second kappa shape index (κ2) is 5.68. The predicted octanol–water partition coefficient (Wildman–Crippen LogP) is 2.14. The molecule has 16 heavy (non-hydrogen) atoms. The molecule has 90 valence electrons. The van der Waals surface area contributed by atoms with Crippen molar-refractivity contribution in [1.82, 2.24) is 0 Å². The Hall–Kier alpha value is -1.32. The molecule has 0 saturated heterocycles. The van der Waals surface area contributed by atoms with E-state index in [1.54, 1.807) is 6.92 Å². The third-order valence-electron chi connectivity index (χ3n) is 2.83. The third-order valence-corrected chi connectivity index (χ3v) is 2.83. The van der Waals surface area contributed by atoms with Crippen molar-refractivity contribution in [3.8, 4) is 0 Å². The number of carbonyl (C=O) groups excluding carboxylic acids is 2. The Balaban J connectivity index is 2.93. The van der Waals surface area contributed by atoms with E-state index in [2.05, 4.69) is 0 Å². The summed E-state index contributed by atoms with van der Waals surface area (Å²) in [6.07, 6.45) is 3.73. The van der Waals surface area contributed by atoms with Crippen LogP contribution in [0.5, 0.6) is 0 Å². The van der Waals surface area contributed by atoms with E-state index in [1.807, 2.05) is 0 Å². The van der Waals surface area contributed by atoms with Gasteiger partial charge in [0.05, 0.1) is 6.61 Å². The van der Waals surface area contributed by atoms with Crippen LogP contribution in [0.2, 0.25) is 0 Å². The molecule has 1 fully saturated rings. The van der Waals surface area contributed by atoms with Gasteiger partial charge in [0.2, 0.25) is 0 Å². The zero-order chi connectivity index (χ0) is 12.1. The summed E-state index contributed by atoms with van der Waals surface area (Å²) >= 11 is 0. The minimum atomic E-state index is -0.709. The number of hydrogen-bond donors (Lipinski definition) is 1. The summed E-state index contributed by atoms with van der Waals surface area (Å²) in [7, 11) is 0. The molecule has 0 aromatic carbocycles. The van der Waals surface area contributed by atoms with Gasteiger partial charge in [-0.2, -0.15) is 0 Å². The molecule has 0 bridgehead atoms. The number of ether oxygens (including phenoxy) is 1. The van der Waals surface area contributed by atoms with Gasteiger partial charge in [-0.15, -0.1) is 0 Å². The van der Waals surface area contributed by atoms with Gasteiger partial charge in [-0.1, -0.05) is 12.8 Å². The molecular formula is C12H18O4. The van der Waals surface area contributed by atoms with Crippen molar-refractivity contribution in [3.63, 3.8) is 0 Å². The van der Waals surface area contributed by atoms with E-state index in [0.717, 1.165) is 25.7 Å². The van der Waals surface area contributed by atoms with Gasteiger partial charge in [-0.05, 0) is 26.7 Å². The highest BCUT2D eigenvalue weighted by molar-refractivity contribution is 6.16. The van der Waals surface area contributed by atoms with Crippen molar-refractivity contribution in [2.75, 3.05) is 6.61 Å². The topological polar surface area (TPSA) is 63.6 Å². The number of esters is 1. The van der Waals surface area contributed by atoms with E-state index in [0.29, 0.717) is 0 Å². The van der Waals surface area contributed by atoms with Crippen molar-refractivity contribution < 1.29 is 19.4 Å². The molecule has 1 N–H and O–H groups in total. The van der Waals surface area contributed by atoms with Crippen LogP contribution < -0.4 is 0 Å². The lowest BCUT2D eigenvalue weighted by Gasteiger charge is -2.12. The number of Topliss-reactive ketones (excluding diaryl/α,β-unsaturated/α-hetero) is 1. The van der Waals surface area contributed by atoms with Gasteiger partial charge >= 0.3 is 5.97 Å². The van der Waals surface area contributed by atoms with Crippen molar-refractivity contribution in [1.29, 1.82) is 0 Å². The molecule has 1 aliphatic rings. The fourth-order valence-electron chi connectivity index (χ4n) is 2.04. The molecule has 0 aliphatic heterocycles. The maximum atomic E-state index is 11.5. The first kappa shape index (κ1) is 12.7. The number of aliphatic hydroxyl groups excluding tert-OH is 1. The Morgan fingerprint density at radius 2 is 1.88 bits per heavy atom. The van der Waals surface area contributed by atoms with Gasteiger partial charge < -0.3 is 9.84 Å². The van der Waals surface area contributed by atoms with Gasteiger partial charge in [-0.25, -0.2) is 4.79 Å². The van der Waals surface area contributed by atoms with Crippen molar-refractivity contribution in [3.05, 3.63) is 11.3 Å². The van der Waals surface area contributed by atoms with Crippen LogP contribution in [0.4, 0.5) is 0 Å². The van der Waals surface area contributed by atoms with Crippen LogP contribution in [-0.2, 0) is 14.3 Å². The summed E-state index contributed by atoms with van der Waals surface area (Å²) in [6.45, 7) is 3.15. The molecule has 1 aliphatic carbocycles. The van der Waals surface area contributed by atoms with E-state index in [1.165, 1.54) is 6.92 Å². The van der Waals surface area contributed by atoms with Crippen molar-refractivity contribution in [2.24, 2.45) is 5.92 Å². The van der Waals surface area contributed by atoms with Crippen LogP contribution in [0.25, 0.3) is 0 Å². The van der Waals surface area contributed by atoms with Crippen molar-refractivity contribution >= 4 is 11.8 Å². The lowest BCUT2D eigenvalue weighted by Crippen LogP contribution is -2.18. The Morgan fingerprint density at radius 3 is 2.31 bits per heavy atom. The fourth-order valence-corrected chi connectivity index (χ4v) is 2.04. The highest BCUT2D eigenvalue weighted by atomic mass is 16.5. The standard InChI is InChI=1S/C12H18O4/c1-3-16-12(15)10(8(2)13)11(14)9-6-4-5-7-9/h9,14H,3-7H2,1-2H3/b11-10-. The van der Waals surface area contributed by atoms with E-state index < -0.39 is 11.8 Å². The largest absolute Gasteiger partial charge is 0.511 e. The van der Waals surface area contributed by atoms with E-state index >= 15 is 0 Å². The molecule has 0 radical (unpaired) electrons. The molecule has 0 aromatic rings. The molecular weight excluding hydrogens is 208 g/mol. The first-order valence-electron chi connectivity index (χ1n) is 5.69. The van der Waals surface area contributed by atoms with E-state index in [-0.39, 0.29) is 23.9 Å². The normalized spacial score (nSPS) is 18.1. The number of carbonyl (C=O) groups is 2. The SMILES string of the molecule is CCOC(=O)/C(C(C)=O)=C(\O)C1CCCC1. The Bertz CT molecular complexity index is 311. The smallest absolute Gasteiger partial charge is 0.345 e. The molecule has 4 nitrogen and oxygen atoms in total. The van der Waals surface area contributed by atoms with Gasteiger partial charge in [0.25, 0.3) is 0 Å². The number of ketones is 1. The zero-order valence-corrected chi connectivity index (χ0v) is 9.78. The summed E-state index contributed by atoms with van der Waals surface area (Å²) in [5.41, 5.74) is -0.172. The molecule has 4 heteroatoms. The maximum Gasteiger partial charge on any atom is 0.345 e. The Kier molecular flexibility index (Phi) is 4.52. The number of rotatable bonds is 4. The Morgan fingerprint density at radius 1 is 1.31 bits per heavy atom. The van der Waals surface area contributed by atoms with Gasteiger partial charge in [0, 0.05) is 5.92 Å².